The number of nitrogens with zero attached hydrogens (tertiary/aromatic N) is 2. The molecule has 0 aliphatic carbocycles. The predicted octanol–water partition coefficient (Wildman–Crippen LogP) is 4.07. The van der Waals surface area contributed by atoms with Crippen molar-refractivity contribution in [2.75, 3.05) is 31.3 Å². The molecule has 2 amide bonds. The van der Waals surface area contributed by atoms with Crippen molar-refractivity contribution < 1.29 is 28.6 Å². The quantitative estimate of drug-likeness (QED) is 0.499. The highest BCUT2D eigenvalue weighted by atomic mass is 16.7. The molecule has 180 valence electrons. The summed E-state index contributed by atoms with van der Waals surface area (Å²) < 4.78 is 16.8. The van der Waals surface area contributed by atoms with Crippen LogP contribution >= 0.6 is 0 Å². The van der Waals surface area contributed by atoms with E-state index >= 15 is 0 Å². The molecule has 3 aromatic carbocycles. The molecule has 0 radical (unpaired) electrons. The van der Waals surface area contributed by atoms with E-state index in [1.165, 1.54) is 19.1 Å². The van der Waals surface area contributed by atoms with Crippen LogP contribution in [-0.2, 0) is 14.4 Å². The number of ether oxygens (including phenoxy) is 3. The summed E-state index contributed by atoms with van der Waals surface area (Å²) in [6, 6.07) is 19.6. The number of hydroxylamine groups is 1. The monoisotopic (exact) mass is 474 g/mol. The maximum Gasteiger partial charge on any atom is 0.266 e. The Hall–Kier alpha value is -4.04. The van der Waals surface area contributed by atoms with Crippen molar-refractivity contribution in [3.05, 3.63) is 77.9 Å². The first-order valence-corrected chi connectivity index (χ1v) is 11.2. The SMILES string of the molecule is COc1ccc([C@H]2[C@@H]3C(=O)N(c4ccc(C)cc4)C(=O)[C@H]3ON2c2ccccc2)c(OC)c1OC. The van der Waals surface area contributed by atoms with Crippen LogP contribution in [0, 0.1) is 12.8 Å². The van der Waals surface area contributed by atoms with Gasteiger partial charge in [-0.05, 0) is 43.3 Å². The molecule has 2 aliphatic heterocycles. The Bertz CT molecular complexity index is 1260. The molecule has 8 nitrogen and oxygen atoms in total. The van der Waals surface area contributed by atoms with E-state index in [1.807, 2.05) is 55.5 Å². The third kappa shape index (κ3) is 3.57. The number of benzene rings is 3. The van der Waals surface area contributed by atoms with Crippen LogP contribution in [0.3, 0.4) is 0 Å². The average Bonchev–Trinajstić information content (AvgIpc) is 3.39. The fraction of sp³-hybridized carbons (Fsp3) is 0.259. The molecule has 3 atom stereocenters. The van der Waals surface area contributed by atoms with Gasteiger partial charge in [0.2, 0.25) is 11.7 Å². The van der Waals surface area contributed by atoms with Crippen LogP contribution in [0.1, 0.15) is 17.2 Å². The number of carbonyl (C=O) groups excluding carboxylic acids is 2. The minimum Gasteiger partial charge on any atom is -0.493 e. The summed E-state index contributed by atoms with van der Waals surface area (Å²) >= 11 is 0. The second-order valence-corrected chi connectivity index (χ2v) is 8.43. The first-order chi connectivity index (χ1) is 17.0. The lowest BCUT2D eigenvalue weighted by atomic mass is 9.89. The molecular formula is C27H26N2O6. The highest BCUT2D eigenvalue weighted by Gasteiger charge is 2.61. The van der Waals surface area contributed by atoms with Crippen LogP contribution in [0.2, 0.25) is 0 Å². The zero-order valence-corrected chi connectivity index (χ0v) is 19.9. The number of imide groups is 1. The van der Waals surface area contributed by atoms with E-state index in [1.54, 1.807) is 30.4 Å². The molecular weight excluding hydrogens is 448 g/mol. The number of hydrogen-bond acceptors (Lipinski definition) is 7. The van der Waals surface area contributed by atoms with Gasteiger partial charge in [-0.2, -0.15) is 0 Å². The first-order valence-electron chi connectivity index (χ1n) is 11.2. The van der Waals surface area contributed by atoms with Crippen LogP contribution in [0.25, 0.3) is 0 Å². The standard InChI is InChI=1S/C27H26N2O6/c1-16-10-12-17(13-11-16)28-26(30)21-22(19-14-15-20(32-2)24(34-4)23(19)33-3)29(35-25(21)27(28)31)18-8-6-5-7-9-18/h5-15,21-22,25H,1-4H3/t21-,22-,25-/m0/s1. The number of fused-ring (bicyclic) bond motifs is 1. The Morgan fingerprint density at radius 1 is 0.743 bits per heavy atom. The molecule has 3 aromatic rings. The largest absolute Gasteiger partial charge is 0.493 e. The zero-order valence-electron chi connectivity index (χ0n) is 19.9. The van der Waals surface area contributed by atoms with Gasteiger partial charge in [0.1, 0.15) is 12.0 Å². The summed E-state index contributed by atoms with van der Waals surface area (Å²) in [5, 5.41) is 1.63. The van der Waals surface area contributed by atoms with Gasteiger partial charge in [0.05, 0.1) is 32.7 Å². The summed E-state index contributed by atoms with van der Waals surface area (Å²) in [5.74, 6) is -0.219. The van der Waals surface area contributed by atoms with E-state index in [0.717, 1.165) is 5.56 Å². The van der Waals surface area contributed by atoms with Crippen LogP contribution in [0.5, 0.6) is 17.2 Å². The number of para-hydroxylation sites is 1. The van der Waals surface area contributed by atoms with Gasteiger partial charge in [-0.3, -0.25) is 14.4 Å². The predicted molar refractivity (Wildman–Crippen MR) is 130 cm³/mol. The van der Waals surface area contributed by atoms with Crippen molar-refractivity contribution >= 4 is 23.2 Å². The average molecular weight is 475 g/mol. The van der Waals surface area contributed by atoms with Gasteiger partial charge in [0, 0.05) is 5.56 Å². The Balaban J connectivity index is 1.65. The summed E-state index contributed by atoms with van der Waals surface area (Å²) in [6.45, 7) is 1.95. The molecule has 2 saturated heterocycles. The molecule has 0 spiro atoms. The second-order valence-electron chi connectivity index (χ2n) is 8.43. The van der Waals surface area contributed by atoms with Crippen LogP contribution < -0.4 is 24.2 Å². The highest BCUT2D eigenvalue weighted by molar-refractivity contribution is 6.24. The minimum absolute atomic E-state index is 0.330. The highest BCUT2D eigenvalue weighted by Crippen LogP contribution is 2.52. The van der Waals surface area contributed by atoms with Gasteiger partial charge in [0.15, 0.2) is 17.6 Å². The molecule has 35 heavy (non-hydrogen) atoms. The van der Waals surface area contributed by atoms with E-state index in [9.17, 15) is 9.59 Å². The molecule has 2 fully saturated rings. The second kappa shape index (κ2) is 8.96. The smallest absolute Gasteiger partial charge is 0.266 e. The van der Waals surface area contributed by atoms with Gasteiger partial charge in [0.25, 0.3) is 5.91 Å². The van der Waals surface area contributed by atoms with Crippen molar-refractivity contribution in [3.63, 3.8) is 0 Å². The van der Waals surface area contributed by atoms with E-state index in [2.05, 4.69) is 0 Å². The molecule has 2 heterocycles. The fourth-order valence-electron chi connectivity index (χ4n) is 4.83. The molecule has 0 bridgehead atoms. The van der Waals surface area contributed by atoms with E-state index in [0.29, 0.717) is 34.2 Å². The van der Waals surface area contributed by atoms with Gasteiger partial charge in [-0.25, -0.2) is 9.96 Å². The normalized spacial score (nSPS) is 21.3. The Labute approximate surface area is 203 Å². The molecule has 2 aliphatic rings. The molecule has 0 aromatic heterocycles. The summed E-state index contributed by atoms with van der Waals surface area (Å²) in [5.41, 5.74) is 2.92. The Morgan fingerprint density at radius 2 is 1.43 bits per heavy atom. The van der Waals surface area contributed by atoms with Crippen LogP contribution in [0.4, 0.5) is 11.4 Å². The number of amides is 2. The fourth-order valence-corrected chi connectivity index (χ4v) is 4.83. The van der Waals surface area contributed by atoms with Crippen molar-refractivity contribution in [3.8, 4) is 17.2 Å². The number of aryl methyl sites for hydroxylation is 1. The van der Waals surface area contributed by atoms with Crippen molar-refractivity contribution in [1.82, 2.24) is 0 Å². The molecule has 5 rings (SSSR count). The molecule has 8 heteroatoms. The van der Waals surface area contributed by atoms with Crippen LogP contribution in [-0.4, -0.2) is 39.2 Å². The lowest BCUT2D eigenvalue weighted by Crippen LogP contribution is -2.37. The lowest BCUT2D eigenvalue weighted by Gasteiger charge is -2.30. The number of carbonyl (C=O) groups is 2. The number of hydrogen-bond donors (Lipinski definition) is 0. The maximum atomic E-state index is 13.8. The van der Waals surface area contributed by atoms with Crippen molar-refractivity contribution in [2.45, 2.75) is 19.1 Å². The summed E-state index contributed by atoms with van der Waals surface area (Å²) in [6.07, 6.45) is -0.980. The Kier molecular flexibility index (Phi) is 5.82. The third-order valence-electron chi connectivity index (χ3n) is 6.47. The third-order valence-corrected chi connectivity index (χ3v) is 6.47. The molecule has 0 N–H and O–H groups in total. The molecule has 0 saturated carbocycles. The number of anilines is 2. The van der Waals surface area contributed by atoms with Gasteiger partial charge < -0.3 is 14.2 Å². The molecule has 0 unspecified atom stereocenters. The minimum atomic E-state index is -0.980. The zero-order chi connectivity index (χ0) is 24.7. The van der Waals surface area contributed by atoms with Gasteiger partial charge in [-0.15, -0.1) is 0 Å². The number of rotatable bonds is 6. The van der Waals surface area contributed by atoms with E-state index in [-0.39, 0.29) is 5.91 Å². The topological polar surface area (TPSA) is 77.5 Å². The maximum absolute atomic E-state index is 13.8. The van der Waals surface area contributed by atoms with E-state index in [4.69, 9.17) is 19.0 Å². The van der Waals surface area contributed by atoms with Crippen molar-refractivity contribution in [1.29, 1.82) is 0 Å². The van der Waals surface area contributed by atoms with Crippen LogP contribution in [0.15, 0.2) is 66.7 Å². The first kappa shape index (κ1) is 22.7. The van der Waals surface area contributed by atoms with Crippen molar-refractivity contribution in [2.24, 2.45) is 5.92 Å². The Morgan fingerprint density at radius 3 is 2.06 bits per heavy atom. The summed E-state index contributed by atoms with van der Waals surface area (Å²) in [4.78, 5) is 34.8. The van der Waals surface area contributed by atoms with Gasteiger partial charge >= 0.3 is 0 Å². The van der Waals surface area contributed by atoms with Gasteiger partial charge in [-0.1, -0.05) is 35.9 Å². The van der Waals surface area contributed by atoms with E-state index < -0.39 is 24.0 Å². The lowest BCUT2D eigenvalue weighted by molar-refractivity contribution is -0.126. The number of methoxy groups -OCH3 is 3. The summed E-state index contributed by atoms with van der Waals surface area (Å²) in [7, 11) is 4.60.